The first-order valence-electron chi connectivity index (χ1n) is 26.3. The molecular weight excluding hydrogens is 937 g/mol. The standard InChI is InChI=1S/4C12H29N3O3/c4*1-2-12(9-16-6-3-13,10-17-7-4-14)11-18-8-5-15/h4*2-11,13-15H2,1H3. The van der Waals surface area contributed by atoms with E-state index in [0.717, 1.165) is 25.7 Å². The summed E-state index contributed by atoms with van der Waals surface area (Å²) in [5.41, 5.74) is 64.5. The maximum absolute atomic E-state index is 5.55. The van der Waals surface area contributed by atoms with Crippen LogP contribution < -0.4 is 68.8 Å². The van der Waals surface area contributed by atoms with E-state index in [2.05, 4.69) is 27.7 Å². The van der Waals surface area contributed by atoms with Crippen molar-refractivity contribution in [3.8, 4) is 0 Å². The molecule has 0 unspecified atom stereocenters. The van der Waals surface area contributed by atoms with Crippen LogP contribution in [0.5, 0.6) is 0 Å². The highest BCUT2D eigenvalue weighted by Gasteiger charge is 2.32. The van der Waals surface area contributed by atoms with Crippen LogP contribution >= 0.6 is 0 Å². The second-order valence-electron chi connectivity index (χ2n) is 17.5. The molecule has 72 heavy (non-hydrogen) atoms. The average molecular weight is 1050 g/mol. The lowest BCUT2D eigenvalue weighted by atomic mass is 9.88. The van der Waals surface area contributed by atoms with Gasteiger partial charge in [-0.1, -0.05) is 27.7 Å². The van der Waals surface area contributed by atoms with Crippen LogP contribution in [-0.2, 0) is 56.8 Å². The van der Waals surface area contributed by atoms with Crippen LogP contribution in [0.25, 0.3) is 0 Å². The summed E-state index contributed by atoms with van der Waals surface area (Å²) in [6.07, 6.45) is 3.64. The van der Waals surface area contributed by atoms with Crippen molar-refractivity contribution in [3.63, 3.8) is 0 Å². The van der Waals surface area contributed by atoms with Gasteiger partial charge in [0.25, 0.3) is 0 Å². The molecule has 0 aliphatic rings. The van der Waals surface area contributed by atoms with Crippen LogP contribution in [0.15, 0.2) is 0 Å². The van der Waals surface area contributed by atoms with E-state index in [0.29, 0.717) is 237 Å². The second kappa shape index (κ2) is 59.3. The molecule has 24 N–H and O–H groups in total. The first-order chi connectivity index (χ1) is 35.0. The molecule has 0 rings (SSSR count). The molecular formula is C48H116N12O12. The fourth-order valence-corrected chi connectivity index (χ4v) is 6.19. The van der Waals surface area contributed by atoms with Gasteiger partial charge in [0, 0.05) is 100 Å². The smallest absolute Gasteiger partial charge is 0.0589 e. The van der Waals surface area contributed by atoms with Crippen molar-refractivity contribution in [1.29, 1.82) is 0 Å². The highest BCUT2D eigenvalue weighted by molar-refractivity contribution is 4.80. The molecule has 0 radical (unpaired) electrons. The SMILES string of the molecule is CCC(COCCN)(COCCN)COCCN.CCC(COCCN)(COCCN)COCCN.CCC(COCCN)(COCCN)COCCN.CCC(COCCN)(COCCN)COCCN. The molecule has 0 aromatic carbocycles. The van der Waals surface area contributed by atoms with Crippen molar-refractivity contribution >= 4 is 0 Å². The Balaban J connectivity index is -0.000000428. The van der Waals surface area contributed by atoms with Gasteiger partial charge in [-0.25, -0.2) is 0 Å². The van der Waals surface area contributed by atoms with Crippen molar-refractivity contribution in [1.82, 2.24) is 0 Å². The molecule has 0 spiro atoms. The normalized spacial score (nSPS) is 12.0. The molecule has 0 aromatic heterocycles. The molecule has 0 saturated carbocycles. The Hall–Kier alpha value is -0.960. The molecule has 0 fully saturated rings. The molecule has 440 valence electrons. The molecule has 24 nitrogen and oxygen atoms in total. The largest absolute Gasteiger partial charge is 0.379 e. The van der Waals surface area contributed by atoms with Crippen molar-refractivity contribution in [3.05, 3.63) is 0 Å². The zero-order chi connectivity index (χ0) is 54.8. The van der Waals surface area contributed by atoms with E-state index in [-0.39, 0.29) is 21.7 Å². The van der Waals surface area contributed by atoms with Gasteiger partial charge < -0.3 is 126 Å². The van der Waals surface area contributed by atoms with Crippen LogP contribution in [0.3, 0.4) is 0 Å². The Morgan fingerprint density at radius 1 is 0.181 bits per heavy atom. The van der Waals surface area contributed by atoms with Gasteiger partial charge in [-0.05, 0) is 25.7 Å². The lowest BCUT2D eigenvalue weighted by molar-refractivity contribution is -0.0682. The second-order valence-corrected chi connectivity index (χ2v) is 17.5. The quantitative estimate of drug-likeness (QED) is 0.0275. The third kappa shape index (κ3) is 46.4. The molecule has 0 aliphatic heterocycles. The van der Waals surface area contributed by atoms with Gasteiger partial charge in [-0.3, -0.25) is 0 Å². The van der Waals surface area contributed by atoms with Gasteiger partial charge in [0.15, 0.2) is 0 Å². The average Bonchev–Trinajstić information content (AvgIpc) is 3.39. The van der Waals surface area contributed by atoms with E-state index in [1.54, 1.807) is 0 Å². The summed E-state index contributed by atoms with van der Waals surface area (Å²) in [6, 6.07) is 0. The molecule has 0 saturated heterocycles. The van der Waals surface area contributed by atoms with Crippen LogP contribution in [0.4, 0.5) is 0 Å². The Labute approximate surface area is 436 Å². The minimum atomic E-state index is -0.139. The first kappa shape index (κ1) is 77.5. The monoisotopic (exact) mass is 1050 g/mol. The van der Waals surface area contributed by atoms with Gasteiger partial charge in [0.1, 0.15) is 0 Å². The molecule has 0 aromatic rings. The Bertz CT molecular complexity index is 774. The number of nitrogens with two attached hydrogens (primary N) is 12. The van der Waals surface area contributed by atoms with Crippen LogP contribution in [-0.4, -0.2) is 237 Å². The van der Waals surface area contributed by atoms with Crippen molar-refractivity contribution in [2.45, 2.75) is 53.4 Å². The highest BCUT2D eigenvalue weighted by atomic mass is 16.5. The summed E-state index contributed by atoms with van der Waals surface area (Å²) < 4.78 is 66.6. The summed E-state index contributed by atoms with van der Waals surface area (Å²) in [6.45, 7) is 28.2. The first-order valence-corrected chi connectivity index (χ1v) is 26.3. The highest BCUT2D eigenvalue weighted by Crippen LogP contribution is 2.26. The van der Waals surface area contributed by atoms with Crippen LogP contribution in [0, 0.1) is 21.7 Å². The van der Waals surface area contributed by atoms with Crippen molar-refractivity contribution < 1.29 is 56.8 Å². The third-order valence-corrected chi connectivity index (χ3v) is 11.0. The predicted molar refractivity (Wildman–Crippen MR) is 289 cm³/mol. The van der Waals surface area contributed by atoms with Crippen molar-refractivity contribution in [2.24, 2.45) is 90.5 Å². The van der Waals surface area contributed by atoms with E-state index in [1.807, 2.05) is 0 Å². The van der Waals surface area contributed by atoms with Gasteiger partial charge in [-0.2, -0.15) is 0 Å². The van der Waals surface area contributed by atoms with Crippen LogP contribution in [0.2, 0.25) is 0 Å². The Morgan fingerprint density at radius 2 is 0.264 bits per heavy atom. The van der Waals surface area contributed by atoms with Gasteiger partial charge in [0.2, 0.25) is 0 Å². The summed E-state index contributed by atoms with van der Waals surface area (Å²) in [5.74, 6) is 0. The Kier molecular flexibility index (Phi) is 63.8. The molecule has 0 heterocycles. The van der Waals surface area contributed by atoms with Crippen molar-refractivity contribution in [2.75, 3.05) is 237 Å². The van der Waals surface area contributed by atoms with E-state index < -0.39 is 0 Å². The zero-order valence-corrected chi connectivity index (χ0v) is 46.1. The summed E-state index contributed by atoms with van der Waals surface area (Å²) in [5, 5.41) is 0. The van der Waals surface area contributed by atoms with Crippen LogP contribution in [0.1, 0.15) is 53.4 Å². The molecule has 0 bridgehead atoms. The van der Waals surface area contributed by atoms with E-state index in [4.69, 9.17) is 126 Å². The Morgan fingerprint density at radius 3 is 0.319 bits per heavy atom. The lowest BCUT2D eigenvalue weighted by Gasteiger charge is -2.32. The topological polar surface area (TPSA) is 423 Å². The number of hydrogen-bond donors (Lipinski definition) is 12. The molecule has 24 heteroatoms. The summed E-state index contributed by atoms with van der Waals surface area (Å²) >= 11 is 0. The number of rotatable bonds is 52. The van der Waals surface area contributed by atoms with E-state index in [1.165, 1.54) is 0 Å². The predicted octanol–water partition coefficient (Wildman–Crippen LogP) is -2.77. The van der Waals surface area contributed by atoms with Gasteiger partial charge in [-0.15, -0.1) is 0 Å². The number of hydrogen-bond acceptors (Lipinski definition) is 24. The number of ether oxygens (including phenoxy) is 12. The summed E-state index contributed by atoms with van der Waals surface area (Å²) in [4.78, 5) is 0. The minimum Gasteiger partial charge on any atom is -0.379 e. The fourth-order valence-electron chi connectivity index (χ4n) is 6.19. The lowest BCUT2D eigenvalue weighted by Crippen LogP contribution is -2.38. The molecule has 0 amide bonds. The van der Waals surface area contributed by atoms with E-state index >= 15 is 0 Å². The zero-order valence-electron chi connectivity index (χ0n) is 46.1. The molecule has 0 atom stereocenters. The third-order valence-electron chi connectivity index (χ3n) is 11.0. The van der Waals surface area contributed by atoms with Gasteiger partial charge in [0.05, 0.1) is 159 Å². The van der Waals surface area contributed by atoms with E-state index in [9.17, 15) is 0 Å². The summed E-state index contributed by atoms with van der Waals surface area (Å²) in [7, 11) is 0. The maximum atomic E-state index is 5.55. The van der Waals surface area contributed by atoms with Gasteiger partial charge >= 0.3 is 0 Å². The maximum Gasteiger partial charge on any atom is 0.0589 e. The fraction of sp³-hybridized carbons (Fsp3) is 1.00. The minimum absolute atomic E-state index is 0.139. The molecule has 0 aliphatic carbocycles.